The van der Waals surface area contributed by atoms with Crippen LogP contribution < -0.4 is 9.21 Å². The van der Waals surface area contributed by atoms with Crippen LogP contribution in [0.1, 0.15) is 75.4 Å². The first kappa shape index (κ1) is 35.1. The van der Waals surface area contributed by atoms with Crippen LogP contribution in [-0.4, -0.2) is 48.4 Å². The number of carbonyl (C=O) groups is 1. The Morgan fingerprint density at radius 1 is 0.870 bits per heavy atom. The summed E-state index contributed by atoms with van der Waals surface area (Å²) in [6.45, 7) is 8.88. The van der Waals surface area contributed by atoms with Gasteiger partial charge >= 0.3 is 16.2 Å². The van der Waals surface area contributed by atoms with Crippen molar-refractivity contribution in [1.29, 1.82) is 0 Å². The first-order valence-corrected chi connectivity index (χ1v) is 18.2. The van der Waals surface area contributed by atoms with Crippen LogP contribution in [0.3, 0.4) is 0 Å². The highest BCUT2D eigenvalue weighted by atomic mass is 32.2. The van der Waals surface area contributed by atoms with Crippen LogP contribution in [0, 0.1) is 0 Å². The summed E-state index contributed by atoms with van der Waals surface area (Å²) < 4.78 is 28.8. The normalized spacial score (nSPS) is 11.8. The summed E-state index contributed by atoms with van der Waals surface area (Å²) in [6, 6.07) is 26.3. The van der Waals surface area contributed by atoms with Crippen LogP contribution in [0.2, 0.25) is 0 Å². The van der Waals surface area contributed by atoms with E-state index in [1.165, 1.54) is 60.9 Å². The van der Waals surface area contributed by atoms with Crippen molar-refractivity contribution >= 4 is 38.9 Å². The number of carboxylic acids is 1. The number of thiazole rings is 1. The van der Waals surface area contributed by atoms with E-state index in [2.05, 4.69) is 74.0 Å². The topological polar surface area (TPSA) is 94.0 Å². The highest BCUT2D eigenvalue weighted by Gasteiger charge is 2.30. The quantitative estimate of drug-likeness (QED) is 0.123. The Hall–Kier alpha value is -3.73. The standard InChI is InChI=1S/C36H46N4O4S2/c1-6-11-29(12-7-2)30-19-21-33(22-20-30)40(27(3)4)23-28-15-17-31(18-16-28)34-26-45-35(37-34)24-39(25-36(41)42)46(43,44)38(5)32-13-9-8-10-14-32/h8-10,13-22,26-27,29H,6-7,11-12,23-25H2,1-5H3,(H,41,42). The highest BCUT2D eigenvalue weighted by Crippen LogP contribution is 2.30. The van der Waals surface area contributed by atoms with Gasteiger partial charge in [0.25, 0.3) is 0 Å². The van der Waals surface area contributed by atoms with Gasteiger partial charge in [-0.1, -0.05) is 81.3 Å². The lowest BCUT2D eigenvalue weighted by Gasteiger charge is -2.30. The zero-order valence-corrected chi connectivity index (χ0v) is 29.1. The van der Waals surface area contributed by atoms with Gasteiger partial charge in [-0.15, -0.1) is 11.3 Å². The summed E-state index contributed by atoms with van der Waals surface area (Å²) in [7, 11) is -2.70. The molecule has 1 aromatic heterocycles. The molecule has 0 amide bonds. The van der Waals surface area contributed by atoms with Crippen molar-refractivity contribution in [3.63, 3.8) is 0 Å². The molecule has 0 aliphatic carbocycles. The second-order valence-electron chi connectivity index (χ2n) is 11.9. The molecule has 0 saturated heterocycles. The fourth-order valence-corrected chi connectivity index (χ4v) is 7.84. The summed E-state index contributed by atoms with van der Waals surface area (Å²) in [5.41, 5.74) is 5.89. The molecule has 1 heterocycles. The lowest BCUT2D eigenvalue weighted by molar-refractivity contribution is -0.137. The average Bonchev–Trinajstić information content (AvgIpc) is 3.52. The van der Waals surface area contributed by atoms with Gasteiger partial charge < -0.3 is 10.0 Å². The first-order valence-electron chi connectivity index (χ1n) is 15.9. The Morgan fingerprint density at radius 3 is 2.07 bits per heavy atom. The molecule has 0 fully saturated rings. The number of hydrogen-bond donors (Lipinski definition) is 1. The molecule has 4 aromatic rings. The van der Waals surface area contributed by atoms with Crippen LogP contribution in [0.4, 0.5) is 11.4 Å². The van der Waals surface area contributed by atoms with Gasteiger partial charge in [-0.2, -0.15) is 12.7 Å². The van der Waals surface area contributed by atoms with Crippen LogP contribution in [0.25, 0.3) is 11.3 Å². The van der Waals surface area contributed by atoms with E-state index in [0.717, 1.165) is 26.4 Å². The Kier molecular flexibility index (Phi) is 12.4. The van der Waals surface area contributed by atoms with Crippen molar-refractivity contribution in [1.82, 2.24) is 9.29 Å². The van der Waals surface area contributed by atoms with Gasteiger partial charge in [-0.05, 0) is 68.0 Å². The van der Waals surface area contributed by atoms with E-state index in [9.17, 15) is 18.3 Å². The van der Waals surface area contributed by atoms with Crippen molar-refractivity contribution in [3.05, 3.63) is 100 Å². The third-order valence-corrected chi connectivity index (χ3v) is 10.8. The van der Waals surface area contributed by atoms with Crippen molar-refractivity contribution in [2.45, 2.75) is 78.4 Å². The molecule has 1 N–H and O–H groups in total. The Labute approximate surface area is 278 Å². The molecule has 246 valence electrons. The third-order valence-electron chi connectivity index (χ3n) is 8.16. The lowest BCUT2D eigenvalue weighted by atomic mass is 9.90. The number of hydrogen-bond acceptors (Lipinski definition) is 6. The molecule has 4 rings (SSSR count). The Balaban J connectivity index is 1.46. The molecule has 0 atom stereocenters. The van der Waals surface area contributed by atoms with Gasteiger partial charge in [0.1, 0.15) is 11.6 Å². The minimum Gasteiger partial charge on any atom is -0.480 e. The molecular weight excluding hydrogens is 617 g/mol. The number of anilines is 2. The Morgan fingerprint density at radius 2 is 1.50 bits per heavy atom. The minimum absolute atomic E-state index is 0.145. The molecule has 0 bridgehead atoms. The Bertz CT molecular complexity index is 1630. The zero-order chi connectivity index (χ0) is 33.3. The van der Waals surface area contributed by atoms with Crippen LogP contribution >= 0.6 is 11.3 Å². The lowest BCUT2D eigenvalue weighted by Crippen LogP contribution is -2.44. The summed E-state index contributed by atoms with van der Waals surface area (Å²) in [5, 5.41) is 11.9. The molecule has 3 aromatic carbocycles. The summed E-state index contributed by atoms with van der Waals surface area (Å²) in [5.74, 6) is -0.614. The van der Waals surface area contributed by atoms with Gasteiger partial charge in [0.05, 0.1) is 17.9 Å². The molecule has 0 aliphatic rings. The van der Waals surface area contributed by atoms with Crippen molar-refractivity contribution in [2.24, 2.45) is 0 Å². The van der Waals surface area contributed by atoms with E-state index in [1.807, 2.05) is 17.5 Å². The van der Waals surface area contributed by atoms with E-state index in [-0.39, 0.29) is 6.54 Å². The van der Waals surface area contributed by atoms with E-state index in [1.54, 1.807) is 30.3 Å². The SMILES string of the molecule is CCCC(CCC)c1ccc(N(Cc2ccc(-c3csc(CN(CC(=O)O)S(=O)(=O)N(C)c4ccccc4)n3)cc2)C(C)C)cc1. The van der Waals surface area contributed by atoms with Gasteiger partial charge in [-0.25, -0.2) is 4.98 Å². The van der Waals surface area contributed by atoms with Crippen molar-refractivity contribution in [3.8, 4) is 11.3 Å². The van der Waals surface area contributed by atoms with Crippen LogP contribution in [-0.2, 0) is 28.1 Å². The molecule has 10 heteroatoms. The minimum atomic E-state index is -4.11. The zero-order valence-electron chi connectivity index (χ0n) is 27.5. The molecule has 0 saturated carbocycles. The van der Waals surface area contributed by atoms with Crippen molar-refractivity contribution in [2.75, 3.05) is 22.8 Å². The fraction of sp³-hybridized carbons (Fsp3) is 0.389. The number of benzene rings is 3. The monoisotopic (exact) mass is 662 g/mol. The number of rotatable bonds is 17. The molecule has 46 heavy (non-hydrogen) atoms. The summed E-state index contributed by atoms with van der Waals surface area (Å²) in [6.07, 6.45) is 4.83. The smallest absolute Gasteiger partial charge is 0.318 e. The predicted octanol–water partition coefficient (Wildman–Crippen LogP) is 8.18. The molecule has 8 nitrogen and oxygen atoms in total. The average molecular weight is 663 g/mol. The van der Waals surface area contributed by atoms with Crippen LogP contribution in [0.5, 0.6) is 0 Å². The number of aromatic nitrogens is 1. The second kappa shape index (κ2) is 16.2. The van der Waals surface area contributed by atoms with E-state index in [4.69, 9.17) is 0 Å². The second-order valence-corrected chi connectivity index (χ2v) is 14.8. The maximum absolute atomic E-state index is 13.4. The number of carboxylic acid groups (broad SMARTS) is 1. The number of para-hydroxylation sites is 1. The summed E-state index contributed by atoms with van der Waals surface area (Å²) >= 11 is 1.31. The van der Waals surface area contributed by atoms with Gasteiger partial charge in [-0.3, -0.25) is 9.10 Å². The molecule has 0 unspecified atom stereocenters. The maximum atomic E-state index is 13.4. The fourth-order valence-electron chi connectivity index (χ4n) is 5.64. The summed E-state index contributed by atoms with van der Waals surface area (Å²) in [4.78, 5) is 18.7. The largest absolute Gasteiger partial charge is 0.480 e. The predicted molar refractivity (Wildman–Crippen MR) is 190 cm³/mol. The van der Waals surface area contributed by atoms with Gasteiger partial charge in [0.15, 0.2) is 0 Å². The van der Waals surface area contributed by atoms with Crippen LogP contribution in [0.15, 0.2) is 84.2 Å². The molecule has 0 spiro atoms. The van der Waals surface area contributed by atoms with Gasteiger partial charge in [0.2, 0.25) is 0 Å². The number of aliphatic carboxylic acids is 1. The van der Waals surface area contributed by atoms with Crippen molar-refractivity contribution < 1.29 is 18.3 Å². The number of nitrogens with zero attached hydrogens (tertiary/aromatic N) is 4. The first-order chi connectivity index (χ1) is 22.0. The van der Waals surface area contributed by atoms with E-state index >= 15 is 0 Å². The highest BCUT2D eigenvalue weighted by molar-refractivity contribution is 7.90. The molecular formula is C36H46N4O4S2. The third kappa shape index (κ3) is 8.96. The van der Waals surface area contributed by atoms with E-state index in [0.29, 0.717) is 22.7 Å². The van der Waals surface area contributed by atoms with Gasteiger partial charge in [0, 0.05) is 36.3 Å². The molecule has 0 radical (unpaired) electrons. The van der Waals surface area contributed by atoms with E-state index < -0.39 is 22.7 Å². The molecule has 0 aliphatic heterocycles. The maximum Gasteiger partial charge on any atom is 0.318 e.